The second-order valence-electron chi connectivity index (χ2n) is 10.5. The average Bonchev–Trinajstić information content (AvgIpc) is 2.87. The van der Waals surface area contributed by atoms with Gasteiger partial charge in [-0.25, -0.2) is 0 Å². The monoisotopic (exact) mass is 529 g/mol. The second kappa shape index (κ2) is 9.28. The molecule has 8 atom stereocenters. The third-order valence-corrected chi connectivity index (χ3v) is 8.26. The number of rotatable bonds is 4. The van der Waals surface area contributed by atoms with E-state index in [4.69, 9.17) is 19.9 Å². The van der Waals surface area contributed by atoms with Crippen LogP contribution in [0.25, 0.3) is 10.8 Å². The lowest BCUT2D eigenvalue weighted by atomic mass is 9.60. The van der Waals surface area contributed by atoms with Gasteiger partial charge in [-0.05, 0) is 26.3 Å². The number of phenols is 2. The summed E-state index contributed by atoms with van der Waals surface area (Å²) >= 11 is 0. The topological polar surface area (TPSA) is 186 Å². The van der Waals surface area contributed by atoms with Crippen molar-refractivity contribution in [2.24, 2.45) is 17.6 Å². The molecule has 3 aliphatic rings. The van der Waals surface area contributed by atoms with Crippen molar-refractivity contribution in [2.75, 3.05) is 7.11 Å². The summed E-state index contributed by atoms with van der Waals surface area (Å²) in [7, 11) is 1.37. The number of aliphatic hydroxyl groups excluding tert-OH is 1. The molecule has 1 aliphatic heterocycles. The van der Waals surface area contributed by atoms with Gasteiger partial charge in [0.1, 0.15) is 22.8 Å². The molecule has 1 heterocycles. The molecule has 1 saturated heterocycles. The summed E-state index contributed by atoms with van der Waals surface area (Å²) in [6, 6.07) is 3.91. The Morgan fingerprint density at radius 1 is 1.13 bits per heavy atom. The number of nitrogens with two attached hydrogens (primary N) is 1. The molecule has 1 saturated carbocycles. The largest absolute Gasteiger partial charge is 0.507 e. The summed E-state index contributed by atoms with van der Waals surface area (Å²) in [5.74, 6) is -5.18. The van der Waals surface area contributed by atoms with Gasteiger partial charge in [0.15, 0.2) is 23.6 Å². The lowest BCUT2D eigenvalue weighted by molar-refractivity contribution is -0.255. The lowest BCUT2D eigenvalue weighted by Gasteiger charge is -2.47. The highest BCUT2D eigenvalue weighted by molar-refractivity contribution is 6.23. The molecule has 0 amide bonds. The molecule has 2 aromatic carbocycles. The van der Waals surface area contributed by atoms with Crippen LogP contribution in [0.1, 0.15) is 53.8 Å². The number of aromatic hydroxyl groups is 2. The van der Waals surface area contributed by atoms with E-state index < -0.39 is 76.9 Å². The number of carbonyl (C=O) groups is 3. The number of aliphatic hydroxyl groups is 2. The number of hydrogen-bond acceptors (Lipinski definition) is 11. The fraction of sp³-hybridized carbons (Fsp3) is 0.519. The summed E-state index contributed by atoms with van der Waals surface area (Å²) in [4.78, 5) is 40.3. The molecule has 204 valence electrons. The first-order valence-corrected chi connectivity index (χ1v) is 12.5. The van der Waals surface area contributed by atoms with Crippen LogP contribution >= 0.6 is 0 Å². The smallest absolute Gasteiger partial charge is 0.173 e. The van der Waals surface area contributed by atoms with Crippen molar-refractivity contribution in [3.05, 3.63) is 29.3 Å². The highest BCUT2D eigenvalue weighted by atomic mass is 16.7. The van der Waals surface area contributed by atoms with Crippen LogP contribution in [-0.4, -0.2) is 81.1 Å². The molecule has 2 fully saturated rings. The number of methoxy groups -OCH3 is 1. The van der Waals surface area contributed by atoms with Crippen LogP contribution in [0.2, 0.25) is 0 Å². The zero-order valence-electron chi connectivity index (χ0n) is 21.2. The van der Waals surface area contributed by atoms with E-state index in [1.165, 1.54) is 20.1 Å². The van der Waals surface area contributed by atoms with Crippen molar-refractivity contribution in [3.63, 3.8) is 0 Å². The third kappa shape index (κ3) is 3.88. The van der Waals surface area contributed by atoms with Crippen molar-refractivity contribution in [1.29, 1.82) is 0 Å². The number of hydrogen-bond donors (Lipinski definition) is 5. The summed E-state index contributed by atoms with van der Waals surface area (Å²) in [5, 5.41) is 43.9. The van der Waals surface area contributed by atoms with Crippen molar-refractivity contribution in [3.8, 4) is 17.2 Å². The highest BCUT2D eigenvalue weighted by Gasteiger charge is 2.58. The highest BCUT2D eigenvalue weighted by Crippen LogP contribution is 2.52. The molecule has 0 spiro atoms. The molecular weight excluding hydrogens is 498 g/mol. The van der Waals surface area contributed by atoms with Crippen LogP contribution in [0.4, 0.5) is 0 Å². The molecule has 11 nitrogen and oxygen atoms in total. The molecular formula is C27H31NO10. The van der Waals surface area contributed by atoms with Crippen molar-refractivity contribution in [1.82, 2.24) is 0 Å². The van der Waals surface area contributed by atoms with Gasteiger partial charge in [0.2, 0.25) is 0 Å². The first-order chi connectivity index (χ1) is 17.9. The Hall–Kier alpha value is -3.09. The average molecular weight is 530 g/mol. The Labute approximate surface area is 218 Å². The van der Waals surface area contributed by atoms with Gasteiger partial charge in [-0.15, -0.1) is 0 Å². The van der Waals surface area contributed by atoms with Gasteiger partial charge in [-0.3, -0.25) is 14.4 Å². The molecule has 11 heteroatoms. The normalized spacial score (nSPS) is 35.1. The number of carbonyl (C=O) groups excluding carboxylic acids is 3. The molecule has 2 aliphatic carbocycles. The maximum absolute atomic E-state index is 14.0. The van der Waals surface area contributed by atoms with E-state index in [1.807, 2.05) is 0 Å². The molecule has 0 aromatic heterocycles. The van der Waals surface area contributed by atoms with Crippen LogP contribution in [0.15, 0.2) is 18.2 Å². The van der Waals surface area contributed by atoms with E-state index in [-0.39, 0.29) is 46.9 Å². The van der Waals surface area contributed by atoms with Crippen molar-refractivity contribution < 1.29 is 49.0 Å². The fourth-order valence-corrected chi connectivity index (χ4v) is 6.16. The van der Waals surface area contributed by atoms with Gasteiger partial charge < -0.3 is 40.4 Å². The number of ether oxygens (including phenoxy) is 3. The van der Waals surface area contributed by atoms with Crippen molar-refractivity contribution in [2.45, 2.75) is 69.4 Å². The molecule has 0 bridgehead atoms. The van der Waals surface area contributed by atoms with Gasteiger partial charge in [0.25, 0.3) is 0 Å². The maximum Gasteiger partial charge on any atom is 0.173 e. The van der Waals surface area contributed by atoms with Gasteiger partial charge in [-0.1, -0.05) is 12.1 Å². The Kier molecular flexibility index (Phi) is 6.48. The standard InChI is InChI=1S/C27H31NO10/c1-10-22(30)14(28)7-17(37-10)38-16-9-27(35,11(2)29)8-13-19(16)26(34)21-20(24(13)32)23(31)12-5-4-6-15(36-3)18(12)25(21)33/h4-6,10,13-14,16-17,19,22,30-31,33,35H,7-9,28H2,1-3H3/t10-,13+,14+,16+,17-,19-,22-,27-/m0/s1. The maximum atomic E-state index is 14.0. The Morgan fingerprint density at radius 2 is 1.82 bits per heavy atom. The van der Waals surface area contributed by atoms with E-state index in [0.717, 1.165) is 0 Å². The van der Waals surface area contributed by atoms with Gasteiger partial charge >= 0.3 is 0 Å². The molecule has 0 radical (unpaired) electrons. The lowest BCUT2D eigenvalue weighted by Crippen LogP contribution is -2.59. The number of fused-ring (bicyclic) bond motifs is 3. The Bertz CT molecular complexity index is 1330. The summed E-state index contributed by atoms with van der Waals surface area (Å²) in [6.07, 6.45) is -4.34. The first-order valence-electron chi connectivity index (χ1n) is 12.5. The van der Waals surface area contributed by atoms with Crippen molar-refractivity contribution >= 4 is 28.1 Å². The number of ketones is 3. The minimum absolute atomic E-state index is 0.0729. The SMILES string of the molecule is COc1cccc2c(O)c3c(c(O)c12)C(=O)[C@@H]1[C@H](O[C@H]2C[C@@H](N)[C@@H](O)[C@H](C)O2)C[C@](O)(C(C)=O)C[C@H]1C3=O. The van der Waals surface area contributed by atoms with E-state index in [9.17, 15) is 34.8 Å². The number of phenolic OH excluding ortho intramolecular Hbond substituents is 2. The fourth-order valence-electron chi connectivity index (χ4n) is 6.16. The molecule has 5 rings (SSSR count). The predicted octanol–water partition coefficient (Wildman–Crippen LogP) is 1.19. The van der Waals surface area contributed by atoms with Gasteiger partial charge in [0, 0.05) is 30.2 Å². The van der Waals surface area contributed by atoms with Crippen LogP contribution in [0, 0.1) is 11.8 Å². The minimum atomic E-state index is -1.97. The second-order valence-corrected chi connectivity index (χ2v) is 10.5. The Morgan fingerprint density at radius 3 is 2.45 bits per heavy atom. The van der Waals surface area contributed by atoms with Crippen LogP contribution in [-0.2, 0) is 14.3 Å². The van der Waals surface area contributed by atoms with Gasteiger partial charge in [0.05, 0.1) is 47.9 Å². The van der Waals surface area contributed by atoms with E-state index in [0.29, 0.717) is 0 Å². The number of Topliss-reactive ketones (excluding diaryl/α,β-unsaturated/α-hetero) is 3. The zero-order chi connectivity index (χ0) is 27.7. The number of benzene rings is 2. The Balaban J connectivity index is 1.64. The minimum Gasteiger partial charge on any atom is -0.507 e. The summed E-state index contributed by atoms with van der Waals surface area (Å²) in [5.41, 5.74) is 3.32. The molecule has 6 N–H and O–H groups in total. The van der Waals surface area contributed by atoms with Crippen LogP contribution in [0.3, 0.4) is 0 Å². The summed E-state index contributed by atoms with van der Waals surface area (Å²) < 4.78 is 17.1. The quantitative estimate of drug-likeness (QED) is 0.358. The summed E-state index contributed by atoms with van der Waals surface area (Å²) in [6.45, 7) is 2.80. The molecule has 0 unspecified atom stereocenters. The van der Waals surface area contributed by atoms with E-state index in [1.54, 1.807) is 19.1 Å². The molecule has 2 aromatic rings. The van der Waals surface area contributed by atoms with E-state index >= 15 is 0 Å². The van der Waals surface area contributed by atoms with Gasteiger partial charge in [-0.2, -0.15) is 0 Å². The third-order valence-electron chi connectivity index (χ3n) is 8.26. The first kappa shape index (κ1) is 26.5. The van der Waals surface area contributed by atoms with Crippen LogP contribution < -0.4 is 10.5 Å². The predicted molar refractivity (Wildman–Crippen MR) is 132 cm³/mol. The van der Waals surface area contributed by atoms with Crippen LogP contribution in [0.5, 0.6) is 17.2 Å². The zero-order valence-corrected chi connectivity index (χ0v) is 21.2. The molecule has 38 heavy (non-hydrogen) atoms. The van der Waals surface area contributed by atoms with E-state index in [2.05, 4.69) is 0 Å².